The third kappa shape index (κ3) is 1.74. The Morgan fingerprint density at radius 1 is 1.43 bits per heavy atom. The van der Waals surface area contributed by atoms with Gasteiger partial charge in [0, 0.05) is 12.7 Å². The number of hydrogen-bond donors (Lipinski definition) is 1. The van der Waals surface area contributed by atoms with Crippen molar-refractivity contribution < 1.29 is 0 Å². The second-order valence-electron chi connectivity index (χ2n) is 2.92. The van der Waals surface area contributed by atoms with Crippen LogP contribution in [0.2, 0.25) is 0 Å². The van der Waals surface area contributed by atoms with Crippen molar-refractivity contribution in [3.8, 4) is 5.69 Å². The summed E-state index contributed by atoms with van der Waals surface area (Å²) in [5, 5.41) is 7.41. The fourth-order valence-electron chi connectivity index (χ4n) is 1.25. The minimum Gasteiger partial charge on any atom is -0.383 e. The Hall–Kier alpha value is -1.84. The number of nitrogens with one attached hydrogen (secondary N) is 1. The summed E-state index contributed by atoms with van der Waals surface area (Å²) in [4.78, 5) is 4.04. The molecule has 0 saturated carbocycles. The minimum atomic E-state index is 0.902. The van der Waals surface area contributed by atoms with Crippen molar-refractivity contribution in [3.63, 3.8) is 0 Å². The Balaban J connectivity index is 2.25. The van der Waals surface area contributed by atoms with Crippen LogP contribution in [0.1, 0.15) is 6.92 Å². The Kier molecular flexibility index (Phi) is 2.44. The standard InChI is InChI=1S/C10H12N4/c1-2-12-9-6-13-14(8-9)10-4-3-5-11-7-10/h3-8,12H,2H2,1H3. The summed E-state index contributed by atoms with van der Waals surface area (Å²) in [6.07, 6.45) is 7.28. The zero-order chi connectivity index (χ0) is 9.80. The van der Waals surface area contributed by atoms with Gasteiger partial charge in [-0.3, -0.25) is 4.98 Å². The quantitative estimate of drug-likeness (QED) is 0.797. The van der Waals surface area contributed by atoms with E-state index in [1.807, 2.05) is 18.3 Å². The average molecular weight is 188 g/mol. The third-order valence-corrected chi connectivity index (χ3v) is 1.87. The van der Waals surface area contributed by atoms with Gasteiger partial charge in [-0.15, -0.1) is 0 Å². The molecular formula is C10H12N4. The molecular weight excluding hydrogens is 176 g/mol. The summed E-state index contributed by atoms with van der Waals surface area (Å²) in [7, 11) is 0. The first-order valence-corrected chi connectivity index (χ1v) is 4.59. The zero-order valence-corrected chi connectivity index (χ0v) is 8.01. The molecule has 4 nitrogen and oxygen atoms in total. The molecule has 2 heterocycles. The predicted molar refractivity (Wildman–Crippen MR) is 55.5 cm³/mol. The van der Waals surface area contributed by atoms with Crippen LogP contribution in [-0.4, -0.2) is 21.3 Å². The molecule has 0 saturated heterocycles. The van der Waals surface area contributed by atoms with E-state index < -0.39 is 0 Å². The van der Waals surface area contributed by atoms with E-state index in [2.05, 4.69) is 22.3 Å². The molecule has 0 spiro atoms. The highest BCUT2D eigenvalue weighted by Gasteiger charge is 1.98. The number of pyridine rings is 1. The molecule has 0 bridgehead atoms. The monoisotopic (exact) mass is 188 g/mol. The normalized spacial score (nSPS) is 10.1. The summed E-state index contributed by atoms with van der Waals surface area (Å²) in [5.41, 5.74) is 1.99. The molecule has 2 rings (SSSR count). The highest BCUT2D eigenvalue weighted by Crippen LogP contribution is 2.09. The van der Waals surface area contributed by atoms with Gasteiger partial charge in [-0.25, -0.2) is 4.68 Å². The van der Waals surface area contributed by atoms with Gasteiger partial charge in [0.2, 0.25) is 0 Å². The van der Waals surface area contributed by atoms with Crippen LogP contribution in [0.15, 0.2) is 36.9 Å². The molecule has 2 aromatic heterocycles. The van der Waals surface area contributed by atoms with Crippen LogP contribution in [0, 0.1) is 0 Å². The Morgan fingerprint density at radius 3 is 3.07 bits per heavy atom. The lowest BCUT2D eigenvalue weighted by molar-refractivity contribution is 0.874. The molecule has 14 heavy (non-hydrogen) atoms. The van der Waals surface area contributed by atoms with Crippen molar-refractivity contribution >= 4 is 5.69 Å². The first-order valence-electron chi connectivity index (χ1n) is 4.59. The van der Waals surface area contributed by atoms with Gasteiger partial charge in [-0.05, 0) is 19.1 Å². The molecule has 1 N–H and O–H groups in total. The van der Waals surface area contributed by atoms with Crippen LogP contribution >= 0.6 is 0 Å². The second kappa shape index (κ2) is 3.91. The van der Waals surface area contributed by atoms with E-state index >= 15 is 0 Å². The molecule has 4 heteroatoms. The van der Waals surface area contributed by atoms with E-state index in [9.17, 15) is 0 Å². The molecule has 0 aliphatic heterocycles. The highest BCUT2D eigenvalue weighted by atomic mass is 15.3. The molecule has 0 fully saturated rings. The van der Waals surface area contributed by atoms with E-state index in [1.165, 1.54) is 0 Å². The number of nitrogens with zero attached hydrogens (tertiary/aromatic N) is 3. The van der Waals surface area contributed by atoms with E-state index in [1.54, 1.807) is 23.3 Å². The maximum Gasteiger partial charge on any atom is 0.0829 e. The Bertz CT molecular complexity index is 394. The van der Waals surface area contributed by atoms with Gasteiger partial charge in [-0.1, -0.05) is 0 Å². The molecule has 72 valence electrons. The molecule has 0 aliphatic carbocycles. The van der Waals surface area contributed by atoms with Crippen molar-refractivity contribution in [2.45, 2.75) is 6.92 Å². The lowest BCUT2D eigenvalue weighted by Gasteiger charge is -1.98. The van der Waals surface area contributed by atoms with Crippen molar-refractivity contribution in [2.24, 2.45) is 0 Å². The topological polar surface area (TPSA) is 42.7 Å². The van der Waals surface area contributed by atoms with Crippen LogP contribution in [0.4, 0.5) is 5.69 Å². The first kappa shape index (κ1) is 8.74. The smallest absolute Gasteiger partial charge is 0.0829 e. The summed E-state index contributed by atoms with van der Waals surface area (Å²) < 4.78 is 1.80. The molecule has 0 amide bonds. The fourth-order valence-corrected chi connectivity index (χ4v) is 1.25. The average Bonchev–Trinajstić information content (AvgIpc) is 2.68. The van der Waals surface area contributed by atoms with E-state index in [0.717, 1.165) is 17.9 Å². The van der Waals surface area contributed by atoms with Gasteiger partial charge in [0.15, 0.2) is 0 Å². The second-order valence-corrected chi connectivity index (χ2v) is 2.92. The van der Waals surface area contributed by atoms with Gasteiger partial charge in [0.05, 0.1) is 30.0 Å². The third-order valence-electron chi connectivity index (χ3n) is 1.87. The van der Waals surface area contributed by atoms with Crippen molar-refractivity contribution in [1.29, 1.82) is 0 Å². The van der Waals surface area contributed by atoms with Crippen LogP contribution in [-0.2, 0) is 0 Å². The number of rotatable bonds is 3. The molecule has 0 aliphatic rings. The van der Waals surface area contributed by atoms with Crippen molar-refractivity contribution in [3.05, 3.63) is 36.9 Å². The Labute approximate surface area is 82.6 Å². The maximum atomic E-state index is 4.22. The first-order chi connectivity index (χ1) is 6.90. The Morgan fingerprint density at radius 2 is 2.36 bits per heavy atom. The molecule has 0 radical (unpaired) electrons. The summed E-state index contributed by atoms with van der Waals surface area (Å²) in [6, 6.07) is 3.86. The maximum absolute atomic E-state index is 4.22. The van der Waals surface area contributed by atoms with Crippen molar-refractivity contribution in [1.82, 2.24) is 14.8 Å². The van der Waals surface area contributed by atoms with Crippen LogP contribution in [0.25, 0.3) is 5.69 Å². The van der Waals surface area contributed by atoms with Gasteiger partial charge < -0.3 is 5.32 Å². The largest absolute Gasteiger partial charge is 0.383 e. The zero-order valence-electron chi connectivity index (χ0n) is 8.01. The predicted octanol–water partition coefficient (Wildman–Crippen LogP) is 1.70. The van der Waals surface area contributed by atoms with Gasteiger partial charge in [0.1, 0.15) is 0 Å². The van der Waals surface area contributed by atoms with Crippen LogP contribution in [0.3, 0.4) is 0 Å². The summed E-state index contributed by atoms with van der Waals surface area (Å²) in [5.74, 6) is 0. The summed E-state index contributed by atoms with van der Waals surface area (Å²) in [6.45, 7) is 2.96. The molecule has 0 aromatic carbocycles. The lowest BCUT2D eigenvalue weighted by atomic mass is 10.4. The van der Waals surface area contributed by atoms with Gasteiger partial charge in [-0.2, -0.15) is 5.10 Å². The van der Waals surface area contributed by atoms with Crippen LogP contribution < -0.4 is 5.32 Å². The van der Waals surface area contributed by atoms with E-state index in [4.69, 9.17) is 0 Å². The SMILES string of the molecule is CCNc1cnn(-c2cccnc2)c1. The van der Waals surface area contributed by atoms with Crippen LogP contribution in [0.5, 0.6) is 0 Å². The highest BCUT2D eigenvalue weighted by molar-refractivity contribution is 5.41. The minimum absolute atomic E-state index is 0.902. The summed E-state index contributed by atoms with van der Waals surface area (Å²) >= 11 is 0. The van der Waals surface area contributed by atoms with Gasteiger partial charge in [0.25, 0.3) is 0 Å². The van der Waals surface area contributed by atoms with E-state index in [0.29, 0.717) is 0 Å². The lowest BCUT2D eigenvalue weighted by Crippen LogP contribution is -1.95. The number of anilines is 1. The molecule has 2 aromatic rings. The van der Waals surface area contributed by atoms with Crippen molar-refractivity contribution in [2.75, 3.05) is 11.9 Å². The molecule has 0 atom stereocenters. The molecule has 0 unspecified atom stereocenters. The fraction of sp³-hybridized carbons (Fsp3) is 0.200. The number of hydrogen-bond acceptors (Lipinski definition) is 3. The van der Waals surface area contributed by atoms with E-state index in [-0.39, 0.29) is 0 Å². The number of aromatic nitrogens is 3. The van der Waals surface area contributed by atoms with Gasteiger partial charge >= 0.3 is 0 Å².